The lowest BCUT2D eigenvalue weighted by Crippen LogP contribution is -2.21. The number of rotatable bonds is 3. The molecule has 0 bridgehead atoms. The van der Waals surface area contributed by atoms with Crippen molar-refractivity contribution in [2.45, 2.75) is 26.7 Å². The molecule has 2 heterocycles. The van der Waals surface area contributed by atoms with Crippen molar-refractivity contribution in [1.29, 1.82) is 0 Å². The van der Waals surface area contributed by atoms with E-state index in [0.29, 0.717) is 22.1 Å². The minimum Gasteiger partial charge on any atom is -0.267 e. The summed E-state index contributed by atoms with van der Waals surface area (Å²) in [6, 6.07) is 7.71. The van der Waals surface area contributed by atoms with Crippen LogP contribution in [-0.4, -0.2) is 14.5 Å². The Kier molecular flexibility index (Phi) is 3.73. The van der Waals surface area contributed by atoms with E-state index < -0.39 is 4.92 Å². The average molecular weight is 329 g/mol. The van der Waals surface area contributed by atoms with Crippen LogP contribution in [0.4, 0.5) is 5.69 Å². The number of aryl methyl sites for hydroxylation is 1. The van der Waals surface area contributed by atoms with E-state index in [-0.39, 0.29) is 16.8 Å². The summed E-state index contributed by atoms with van der Waals surface area (Å²) in [6.07, 6.45) is 0. The third kappa shape index (κ3) is 2.53. The normalized spacial score (nSPS) is 11.3. The van der Waals surface area contributed by atoms with E-state index in [0.717, 1.165) is 11.3 Å². The van der Waals surface area contributed by atoms with Gasteiger partial charge in [0.2, 0.25) is 0 Å². The molecule has 0 aliphatic carbocycles. The number of benzene rings is 1. The van der Waals surface area contributed by atoms with E-state index in [1.165, 1.54) is 15.5 Å². The van der Waals surface area contributed by atoms with Crippen molar-refractivity contribution in [3.63, 3.8) is 0 Å². The van der Waals surface area contributed by atoms with E-state index >= 15 is 0 Å². The Balaban J connectivity index is 2.22. The van der Waals surface area contributed by atoms with Crippen molar-refractivity contribution >= 4 is 27.2 Å². The van der Waals surface area contributed by atoms with Gasteiger partial charge in [-0.2, -0.15) is 0 Å². The molecule has 0 spiro atoms. The molecule has 2 aromatic heterocycles. The van der Waals surface area contributed by atoms with Crippen LogP contribution in [0.1, 0.15) is 31.2 Å². The molecule has 0 saturated carbocycles. The lowest BCUT2D eigenvalue weighted by Gasteiger charge is -2.11. The van der Waals surface area contributed by atoms with Gasteiger partial charge in [0.25, 0.3) is 5.56 Å². The standard InChI is InChI=1S/C16H15N3O3S/c1-9(2)11-4-6-12(7-5-11)18-10(3)17-14-13(19(21)22)8-23-15(14)16(18)20/h4-9H,1-3H3. The summed E-state index contributed by atoms with van der Waals surface area (Å²) >= 11 is 1.06. The summed E-state index contributed by atoms with van der Waals surface area (Å²) in [5.74, 6) is 0.837. The Morgan fingerprint density at radius 3 is 2.48 bits per heavy atom. The zero-order chi connectivity index (χ0) is 16.7. The second-order valence-corrected chi connectivity index (χ2v) is 6.48. The Morgan fingerprint density at radius 2 is 1.91 bits per heavy atom. The predicted octanol–water partition coefficient (Wildman–Crippen LogP) is 3.79. The number of fused-ring (bicyclic) bond motifs is 1. The number of thiophene rings is 1. The third-order valence-electron chi connectivity index (χ3n) is 3.76. The predicted molar refractivity (Wildman–Crippen MR) is 90.7 cm³/mol. The maximum Gasteiger partial charge on any atom is 0.306 e. The number of nitro groups is 1. The molecule has 0 unspecified atom stereocenters. The van der Waals surface area contributed by atoms with Crippen LogP contribution in [0.3, 0.4) is 0 Å². The first-order chi connectivity index (χ1) is 10.9. The van der Waals surface area contributed by atoms with Crippen LogP contribution >= 0.6 is 11.3 Å². The van der Waals surface area contributed by atoms with Gasteiger partial charge in [0, 0.05) is 0 Å². The largest absolute Gasteiger partial charge is 0.306 e. The maximum atomic E-state index is 12.7. The van der Waals surface area contributed by atoms with Gasteiger partial charge >= 0.3 is 5.69 Å². The first-order valence-corrected chi connectivity index (χ1v) is 8.03. The molecular weight excluding hydrogens is 314 g/mol. The topological polar surface area (TPSA) is 78.0 Å². The van der Waals surface area contributed by atoms with Crippen molar-refractivity contribution < 1.29 is 4.92 Å². The van der Waals surface area contributed by atoms with Crippen LogP contribution in [0.25, 0.3) is 15.9 Å². The molecule has 0 N–H and O–H groups in total. The first kappa shape index (κ1) is 15.4. The number of aromatic nitrogens is 2. The molecule has 0 aliphatic rings. The van der Waals surface area contributed by atoms with E-state index in [1.807, 2.05) is 24.3 Å². The molecular formula is C16H15N3O3S. The second kappa shape index (κ2) is 5.58. The Bertz CT molecular complexity index is 955. The summed E-state index contributed by atoms with van der Waals surface area (Å²) in [5, 5.41) is 12.4. The highest BCUT2D eigenvalue weighted by atomic mass is 32.1. The Labute approximate surface area is 136 Å². The van der Waals surface area contributed by atoms with Gasteiger partial charge < -0.3 is 0 Å². The summed E-state index contributed by atoms with van der Waals surface area (Å²) < 4.78 is 1.79. The lowest BCUT2D eigenvalue weighted by molar-refractivity contribution is -0.382. The average Bonchev–Trinajstić information content (AvgIpc) is 2.92. The molecule has 0 fully saturated rings. The van der Waals surface area contributed by atoms with Crippen molar-refractivity contribution in [3.8, 4) is 5.69 Å². The molecule has 0 radical (unpaired) electrons. The highest BCUT2D eigenvalue weighted by molar-refractivity contribution is 7.17. The van der Waals surface area contributed by atoms with Crippen LogP contribution in [0.15, 0.2) is 34.4 Å². The second-order valence-electron chi connectivity index (χ2n) is 5.60. The van der Waals surface area contributed by atoms with Crippen LogP contribution in [0, 0.1) is 17.0 Å². The molecule has 0 saturated heterocycles. The van der Waals surface area contributed by atoms with Crippen molar-refractivity contribution in [3.05, 3.63) is 61.5 Å². The number of nitrogens with zero attached hydrogens (tertiary/aromatic N) is 3. The quantitative estimate of drug-likeness (QED) is 0.541. The molecule has 0 atom stereocenters. The molecule has 7 heteroatoms. The van der Waals surface area contributed by atoms with Crippen molar-refractivity contribution in [1.82, 2.24) is 9.55 Å². The van der Waals surface area contributed by atoms with Crippen molar-refractivity contribution in [2.75, 3.05) is 0 Å². The molecule has 3 aromatic rings. The van der Waals surface area contributed by atoms with Crippen LogP contribution in [0.5, 0.6) is 0 Å². The van der Waals surface area contributed by atoms with Gasteiger partial charge in [-0.15, -0.1) is 11.3 Å². The Hall–Kier alpha value is -2.54. The molecule has 6 nitrogen and oxygen atoms in total. The number of hydrogen-bond donors (Lipinski definition) is 0. The first-order valence-electron chi connectivity index (χ1n) is 7.15. The minimum atomic E-state index is -0.507. The summed E-state index contributed by atoms with van der Waals surface area (Å²) in [4.78, 5) is 27.5. The van der Waals surface area contributed by atoms with Crippen LogP contribution in [-0.2, 0) is 0 Å². The molecule has 0 aliphatic heterocycles. The zero-order valence-electron chi connectivity index (χ0n) is 12.9. The maximum absolute atomic E-state index is 12.7. The SMILES string of the molecule is Cc1nc2c([N+](=O)[O-])csc2c(=O)n1-c1ccc(C(C)C)cc1. The fraction of sp³-hybridized carbons (Fsp3) is 0.250. The zero-order valence-corrected chi connectivity index (χ0v) is 13.8. The fourth-order valence-corrected chi connectivity index (χ4v) is 3.39. The smallest absolute Gasteiger partial charge is 0.267 e. The molecule has 23 heavy (non-hydrogen) atoms. The van der Waals surface area contributed by atoms with E-state index in [1.54, 1.807) is 6.92 Å². The van der Waals surface area contributed by atoms with Crippen LogP contribution < -0.4 is 5.56 Å². The molecule has 118 valence electrons. The third-order valence-corrected chi connectivity index (χ3v) is 4.70. The lowest BCUT2D eigenvalue weighted by atomic mass is 10.0. The van der Waals surface area contributed by atoms with Gasteiger partial charge in [-0.3, -0.25) is 19.5 Å². The molecule has 0 amide bonds. The highest BCUT2D eigenvalue weighted by Gasteiger charge is 2.21. The Morgan fingerprint density at radius 1 is 1.26 bits per heavy atom. The van der Waals surface area contributed by atoms with Gasteiger partial charge in [-0.1, -0.05) is 26.0 Å². The number of hydrogen-bond acceptors (Lipinski definition) is 5. The van der Waals surface area contributed by atoms with Crippen LogP contribution in [0.2, 0.25) is 0 Å². The summed E-state index contributed by atoms with van der Waals surface area (Å²) in [6.45, 7) is 5.88. The molecule has 1 aromatic carbocycles. The molecule has 3 rings (SSSR count). The van der Waals surface area contributed by atoms with E-state index in [9.17, 15) is 14.9 Å². The highest BCUT2D eigenvalue weighted by Crippen LogP contribution is 2.28. The van der Waals surface area contributed by atoms with Gasteiger partial charge in [-0.25, -0.2) is 4.98 Å². The van der Waals surface area contributed by atoms with Gasteiger partial charge in [0.1, 0.15) is 10.5 Å². The van der Waals surface area contributed by atoms with E-state index in [2.05, 4.69) is 18.8 Å². The van der Waals surface area contributed by atoms with Crippen molar-refractivity contribution in [2.24, 2.45) is 0 Å². The fourth-order valence-electron chi connectivity index (χ4n) is 2.50. The monoisotopic (exact) mass is 329 g/mol. The summed E-state index contributed by atoms with van der Waals surface area (Å²) in [5.41, 5.74) is 1.66. The minimum absolute atomic E-state index is 0.118. The van der Waals surface area contributed by atoms with Gasteiger partial charge in [0.15, 0.2) is 5.52 Å². The van der Waals surface area contributed by atoms with Gasteiger partial charge in [-0.05, 0) is 30.5 Å². The van der Waals surface area contributed by atoms with E-state index in [4.69, 9.17) is 0 Å². The summed E-state index contributed by atoms with van der Waals surface area (Å²) in [7, 11) is 0. The van der Waals surface area contributed by atoms with Gasteiger partial charge in [0.05, 0.1) is 16.0 Å².